The summed E-state index contributed by atoms with van der Waals surface area (Å²) in [6, 6.07) is 26.0. The van der Waals surface area contributed by atoms with Crippen LogP contribution in [0.4, 0.5) is 0 Å². The maximum Gasteiger partial charge on any atom is 0.244 e. The molecule has 0 saturated heterocycles. The Morgan fingerprint density at radius 3 is 2.33 bits per heavy atom. The molecule has 1 atom stereocenters. The largest absolute Gasteiger partial charge is 0.497 e. The summed E-state index contributed by atoms with van der Waals surface area (Å²) in [5, 5.41) is 3.00. The number of carbonyl (C=O) groups is 1. The van der Waals surface area contributed by atoms with Crippen LogP contribution in [-0.4, -0.2) is 13.0 Å². The minimum absolute atomic E-state index is 0.0720. The molecular formula is C24H23NO2. The van der Waals surface area contributed by atoms with E-state index in [0.717, 1.165) is 22.4 Å². The Kier molecular flexibility index (Phi) is 6.06. The van der Waals surface area contributed by atoms with Gasteiger partial charge in [-0.05, 0) is 47.4 Å². The number of hydrogen-bond donors (Lipinski definition) is 1. The van der Waals surface area contributed by atoms with Crippen molar-refractivity contribution < 1.29 is 9.53 Å². The van der Waals surface area contributed by atoms with E-state index in [2.05, 4.69) is 41.7 Å². The van der Waals surface area contributed by atoms with Gasteiger partial charge in [0, 0.05) is 6.08 Å². The van der Waals surface area contributed by atoms with Gasteiger partial charge in [0.2, 0.25) is 5.91 Å². The molecule has 0 heterocycles. The van der Waals surface area contributed by atoms with Crippen molar-refractivity contribution in [1.29, 1.82) is 0 Å². The predicted octanol–water partition coefficient (Wildman–Crippen LogP) is 5.25. The number of nitrogens with one attached hydrogen (secondary N) is 1. The average Bonchev–Trinajstić information content (AvgIpc) is 2.73. The number of rotatable bonds is 6. The van der Waals surface area contributed by atoms with Crippen LogP contribution < -0.4 is 10.1 Å². The highest BCUT2D eigenvalue weighted by Gasteiger charge is 2.08. The number of amides is 1. The van der Waals surface area contributed by atoms with E-state index in [1.807, 2.05) is 49.4 Å². The molecule has 0 aliphatic carbocycles. The summed E-state index contributed by atoms with van der Waals surface area (Å²) >= 11 is 0. The molecule has 0 unspecified atom stereocenters. The van der Waals surface area contributed by atoms with Crippen molar-refractivity contribution in [1.82, 2.24) is 5.32 Å². The lowest BCUT2D eigenvalue weighted by Crippen LogP contribution is -2.24. The standard InChI is InChI=1S/C24H23NO2/c1-18(20-12-14-22(15-13-20)21-8-4-3-5-9-21)25-24(26)16-11-19-7-6-10-23(17-19)27-2/h3-18H,1-2H3,(H,25,26)/b16-11+/t18-/m0/s1. The molecule has 0 radical (unpaired) electrons. The second-order valence-electron chi connectivity index (χ2n) is 6.33. The van der Waals surface area contributed by atoms with Crippen molar-refractivity contribution in [3.05, 3.63) is 96.1 Å². The van der Waals surface area contributed by atoms with Crippen LogP contribution >= 0.6 is 0 Å². The maximum absolute atomic E-state index is 12.2. The van der Waals surface area contributed by atoms with Crippen LogP contribution in [-0.2, 0) is 4.79 Å². The van der Waals surface area contributed by atoms with E-state index in [-0.39, 0.29) is 11.9 Å². The van der Waals surface area contributed by atoms with Crippen molar-refractivity contribution >= 4 is 12.0 Å². The quantitative estimate of drug-likeness (QED) is 0.612. The van der Waals surface area contributed by atoms with E-state index in [4.69, 9.17) is 4.74 Å². The first-order valence-corrected chi connectivity index (χ1v) is 8.94. The highest BCUT2D eigenvalue weighted by atomic mass is 16.5. The van der Waals surface area contributed by atoms with Crippen molar-refractivity contribution in [2.24, 2.45) is 0 Å². The first kappa shape index (κ1) is 18.5. The van der Waals surface area contributed by atoms with Crippen molar-refractivity contribution in [2.45, 2.75) is 13.0 Å². The Morgan fingerprint density at radius 1 is 0.926 bits per heavy atom. The maximum atomic E-state index is 12.2. The highest BCUT2D eigenvalue weighted by molar-refractivity contribution is 5.92. The SMILES string of the molecule is COc1cccc(/C=C/C(=O)N[C@@H](C)c2ccc(-c3ccccc3)cc2)c1. The molecule has 3 aromatic rings. The van der Waals surface area contributed by atoms with Gasteiger partial charge in [0.25, 0.3) is 0 Å². The molecule has 27 heavy (non-hydrogen) atoms. The second kappa shape index (κ2) is 8.86. The van der Waals surface area contributed by atoms with Gasteiger partial charge in [-0.15, -0.1) is 0 Å². The average molecular weight is 357 g/mol. The zero-order valence-corrected chi connectivity index (χ0v) is 15.6. The van der Waals surface area contributed by atoms with E-state index in [1.165, 1.54) is 5.56 Å². The molecule has 1 N–H and O–H groups in total. The molecule has 3 aromatic carbocycles. The van der Waals surface area contributed by atoms with Gasteiger partial charge in [-0.25, -0.2) is 0 Å². The Balaban J connectivity index is 1.61. The summed E-state index contributed by atoms with van der Waals surface area (Å²) in [6.45, 7) is 1.98. The molecule has 136 valence electrons. The van der Waals surface area contributed by atoms with E-state index in [0.29, 0.717) is 0 Å². The lowest BCUT2D eigenvalue weighted by Gasteiger charge is -2.13. The van der Waals surface area contributed by atoms with Gasteiger partial charge in [-0.2, -0.15) is 0 Å². The zero-order chi connectivity index (χ0) is 19.1. The number of hydrogen-bond acceptors (Lipinski definition) is 2. The molecule has 0 aliphatic rings. The molecule has 0 aliphatic heterocycles. The molecule has 3 heteroatoms. The van der Waals surface area contributed by atoms with E-state index >= 15 is 0 Å². The lowest BCUT2D eigenvalue weighted by atomic mass is 10.0. The van der Waals surface area contributed by atoms with E-state index in [9.17, 15) is 4.79 Å². The predicted molar refractivity (Wildman–Crippen MR) is 110 cm³/mol. The van der Waals surface area contributed by atoms with Crippen molar-refractivity contribution in [3.63, 3.8) is 0 Å². The van der Waals surface area contributed by atoms with Gasteiger partial charge in [0.15, 0.2) is 0 Å². The first-order chi connectivity index (χ1) is 13.2. The topological polar surface area (TPSA) is 38.3 Å². The molecule has 0 fully saturated rings. The number of benzene rings is 3. The Morgan fingerprint density at radius 2 is 1.63 bits per heavy atom. The summed E-state index contributed by atoms with van der Waals surface area (Å²) in [5.41, 5.74) is 4.33. The lowest BCUT2D eigenvalue weighted by molar-refractivity contribution is -0.117. The Labute approximate surface area is 160 Å². The summed E-state index contributed by atoms with van der Waals surface area (Å²) in [6.07, 6.45) is 3.33. The molecular weight excluding hydrogens is 334 g/mol. The third-order valence-corrected chi connectivity index (χ3v) is 4.40. The smallest absolute Gasteiger partial charge is 0.244 e. The van der Waals surface area contributed by atoms with Gasteiger partial charge < -0.3 is 10.1 Å². The van der Waals surface area contributed by atoms with Crippen LogP contribution in [0.2, 0.25) is 0 Å². The summed E-state index contributed by atoms with van der Waals surface area (Å²) < 4.78 is 5.19. The van der Waals surface area contributed by atoms with E-state index < -0.39 is 0 Å². The Hall–Kier alpha value is -3.33. The fourth-order valence-electron chi connectivity index (χ4n) is 2.86. The zero-order valence-electron chi connectivity index (χ0n) is 15.6. The van der Waals surface area contributed by atoms with Gasteiger partial charge >= 0.3 is 0 Å². The van der Waals surface area contributed by atoms with Crippen LogP contribution in [0.25, 0.3) is 17.2 Å². The third-order valence-electron chi connectivity index (χ3n) is 4.40. The fraction of sp³-hybridized carbons (Fsp3) is 0.125. The molecule has 0 bridgehead atoms. The molecule has 1 amide bonds. The van der Waals surface area contributed by atoms with Crippen LogP contribution in [0.5, 0.6) is 5.75 Å². The van der Waals surface area contributed by atoms with E-state index in [1.54, 1.807) is 19.3 Å². The number of methoxy groups -OCH3 is 1. The normalized spacial score (nSPS) is 11.9. The minimum Gasteiger partial charge on any atom is -0.497 e. The molecule has 3 nitrogen and oxygen atoms in total. The summed E-state index contributed by atoms with van der Waals surface area (Å²) in [4.78, 5) is 12.2. The monoisotopic (exact) mass is 357 g/mol. The van der Waals surface area contributed by atoms with Gasteiger partial charge in [0.1, 0.15) is 5.75 Å². The van der Waals surface area contributed by atoms with Crippen molar-refractivity contribution in [3.8, 4) is 16.9 Å². The third kappa shape index (κ3) is 5.08. The van der Waals surface area contributed by atoms with Gasteiger partial charge in [-0.1, -0.05) is 66.7 Å². The second-order valence-corrected chi connectivity index (χ2v) is 6.33. The van der Waals surface area contributed by atoms with Crippen LogP contribution in [0.15, 0.2) is 84.9 Å². The molecule has 0 spiro atoms. The Bertz CT molecular complexity index is 915. The first-order valence-electron chi connectivity index (χ1n) is 8.94. The number of carbonyl (C=O) groups excluding carboxylic acids is 1. The fourth-order valence-corrected chi connectivity index (χ4v) is 2.86. The summed E-state index contributed by atoms with van der Waals surface area (Å²) in [7, 11) is 1.63. The molecule has 0 saturated carbocycles. The molecule has 3 rings (SSSR count). The summed E-state index contributed by atoms with van der Waals surface area (Å²) in [5.74, 6) is 0.641. The molecule has 0 aromatic heterocycles. The number of ether oxygens (including phenoxy) is 1. The van der Waals surface area contributed by atoms with Gasteiger partial charge in [0.05, 0.1) is 13.2 Å². The van der Waals surface area contributed by atoms with Crippen LogP contribution in [0.1, 0.15) is 24.1 Å². The van der Waals surface area contributed by atoms with Crippen LogP contribution in [0.3, 0.4) is 0 Å². The van der Waals surface area contributed by atoms with Crippen molar-refractivity contribution in [2.75, 3.05) is 7.11 Å². The van der Waals surface area contributed by atoms with Gasteiger partial charge in [-0.3, -0.25) is 4.79 Å². The highest BCUT2D eigenvalue weighted by Crippen LogP contribution is 2.21. The van der Waals surface area contributed by atoms with Crippen LogP contribution in [0, 0.1) is 0 Å². The minimum atomic E-state index is -0.127.